The van der Waals surface area contributed by atoms with Gasteiger partial charge < -0.3 is 24.0 Å². The van der Waals surface area contributed by atoms with Crippen molar-refractivity contribution in [2.24, 2.45) is 0 Å². The molecule has 0 fully saturated rings. The molecule has 0 saturated carbocycles. The van der Waals surface area contributed by atoms with Crippen LogP contribution >= 0.6 is 11.3 Å². The molecule has 0 N–H and O–H groups in total. The quantitative estimate of drug-likeness (QED) is 0.236. The molecule has 0 bridgehead atoms. The van der Waals surface area contributed by atoms with Crippen LogP contribution in [0.15, 0.2) is 54.6 Å². The normalized spacial score (nSPS) is 10.8. The number of methoxy groups -OCH3 is 2. The molecule has 2 amide bonds. The predicted octanol–water partition coefficient (Wildman–Crippen LogP) is 5.35. The zero-order chi connectivity index (χ0) is 28.2. The van der Waals surface area contributed by atoms with Gasteiger partial charge in [-0.1, -0.05) is 12.1 Å². The number of hydrogen-bond donors (Lipinski definition) is 0. The van der Waals surface area contributed by atoms with Crippen LogP contribution in [0.3, 0.4) is 0 Å². The van der Waals surface area contributed by atoms with Gasteiger partial charge in [-0.05, 0) is 74.7 Å². The maximum absolute atomic E-state index is 13.9. The molecule has 1 heterocycles. The van der Waals surface area contributed by atoms with Gasteiger partial charge in [-0.15, -0.1) is 11.3 Å². The first-order valence-electron chi connectivity index (χ1n) is 13.0. The Morgan fingerprint density at radius 1 is 0.949 bits per heavy atom. The van der Waals surface area contributed by atoms with Crippen molar-refractivity contribution in [3.05, 3.63) is 81.3 Å². The largest absolute Gasteiger partial charge is 0.493 e. The Balaban J connectivity index is 1.79. The van der Waals surface area contributed by atoms with Crippen LogP contribution in [0, 0.1) is 12.7 Å². The van der Waals surface area contributed by atoms with Crippen molar-refractivity contribution in [3.63, 3.8) is 0 Å². The van der Waals surface area contributed by atoms with Gasteiger partial charge in [0.15, 0.2) is 11.5 Å². The lowest BCUT2D eigenvalue weighted by atomic mass is 10.1. The van der Waals surface area contributed by atoms with Gasteiger partial charge in [0.25, 0.3) is 5.91 Å². The van der Waals surface area contributed by atoms with Crippen LogP contribution in [0.25, 0.3) is 0 Å². The highest BCUT2D eigenvalue weighted by atomic mass is 32.1. The first-order chi connectivity index (χ1) is 18.8. The molecule has 1 aromatic heterocycles. The Hall–Kier alpha value is -3.43. The van der Waals surface area contributed by atoms with E-state index in [-0.39, 0.29) is 23.9 Å². The van der Waals surface area contributed by atoms with E-state index in [0.29, 0.717) is 57.2 Å². The lowest BCUT2D eigenvalue weighted by Crippen LogP contribution is -2.44. The number of rotatable bonds is 15. The Morgan fingerprint density at radius 2 is 1.74 bits per heavy atom. The summed E-state index contributed by atoms with van der Waals surface area (Å²) >= 11 is 1.64. The second-order valence-electron chi connectivity index (χ2n) is 9.05. The second kappa shape index (κ2) is 15.2. The molecule has 210 valence electrons. The zero-order valence-corrected chi connectivity index (χ0v) is 23.9. The van der Waals surface area contributed by atoms with E-state index in [9.17, 15) is 14.0 Å². The second-order valence-corrected chi connectivity index (χ2v) is 10.4. The van der Waals surface area contributed by atoms with E-state index in [2.05, 4.69) is 0 Å². The van der Waals surface area contributed by atoms with E-state index >= 15 is 0 Å². The van der Waals surface area contributed by atoms with Crippen molar-refractivity contribution in [2.45, 2.75) is 33.2 Å². The third-order valence-corrected chi connectivity index (χ3v) is 7.20. The SMILES string of the molecule is CCOCCCN(CC(=O)N(CCc1ccc(OC)c(OC)c1)Cc1ccc(C)s1)C(=O)c1cccc(F)c1. The molecule has 0 atom stereocenters. The van der Waals surface area contributed by atoms with Gasteiger partial charge in [-0.2, -0.15) is 0 Å². The molecular weight excluding hydrogens is 519 g/mol. The first kappa shape index (κ1) is 30.1. The van der Waals surface area contributed by atoms with E-state index in [0.717, 1.165) is 15.3 Å². The molecule has 0 saturated heterocycles. The number of benzene rings is 2. The first-order valence-corrected chi connectivity index (χ1v) is 13.8. The molecule has 0 spiro atoms. The van der Waals surface area contributed by atoms with Crippen LogP contribution in [-0.2, 0) is 22.5 Å². The van der Waals surface area contributed by atoms with E-state index in [1.54, 1.807) is 36.5 Å². The highest BCUT2D eigenvalue weighted by molar-refractivity contribution is 7.11. The van der Waals surface area contributed by atoms with Crippen LogP contribution in [-0.4, -0.2) is 68.7 Å². The van der Waals surface area contributed by atoms with Gasteiger partial charge in [0.05, 0.1) is 20.8 Å². The molecule has 0 aliphatic carbocycles. The Bertz CT molecular complexity index is 1230. The maximum atomic E-state index is 13.9. The number of hydrogen-bond acceptors (Lipinski definition) is 6. The van der Waals surface area contributed by atoms with Gasteiger partial charge in [0.1, 0.15) is 12.4 Å². The van der Waals surface area contributed by atoms with Gasteiger partial charge >= 0.3 is 0 Å². The van der Waals surface area contributed by atoms with E-state index in [1.807, 2.05) is 44.2 Å². The molecule has 3 aromatic rings. The van der Waals surface area contributed by atoms with Gasteiger partial charge in [-0.3, -0.25) is 9.59 Å². The standard InChI is InChI=1S/C30H37FN2O5S/c1-5-38-17-7-15-33(30(35)24-8-6-9-25(31)19-24)21-29(34)32(20-26-12-10-22(2)39-26)16-14-23-11-13-27(36-3)28(18-23)37-4/h6,8-13,18-19H,5,7,14-17,20-21H2,1-4H3. The van der Waals surface area contributed by atoms with Crippen LogP contribution in [0.1, 0.15) is 39.0 Å². The van der Waals surface area contributed by atoms with E-state index < -0.39 is 5.82 Å². The summed E-state index contributed by atoms with van der Waals surface area (Å²) in [5.41, 5.74) is 1.21. The smallest absolute Gasteiger partial charge is 0.254 e. The summed E-state index contributed by atoms with van der Waals surface area (Å²) < 4.78 is 30.1. The molecule has 3 rings (SSSR count). The number of carbonyl (C=O) groups is 2. The summed E-state index contributed by atoms with van der Waals surface area (Å²) in [6.07, 6.45) is 1.16. The number of aryl methyl sites for hydroxylation is 1. The van der Waals surface area contributed by atoms with Gasteiger partial charge in [-0.25, -0.2) is 4.39 Å². The molecule has 7 nitrogen and oxygen atoms in total. The Labute approximate surface area is 234 Å². The number of thiophene rings is 1. The average molecular weight is 557 g/mol. The average Bonchev–Trinajstić information content (AvgIpc) is 3.36. The topological polar surface area (TPSA) is 68.3 Å². The Morgan fingerprint density at radius 3 is 2.41 bits per heavy atom. The highest BCUT2D eigenvalue weighted by Gasteiger charge is 2.23. The number of amides is 2. The summed E-state index contributed by atoms with van der Waals surface area (Å²) in [5.74, 6) is 0.213. The molecule has 2 aromatic carbocycles. The predicted molar refractivity (Wildman–Crippen MR) is 151 cm³/mol. The Kier molecular flexibility index (Phi) is 11.8. The number of ether oxygens (including phenoxy) is 3. The molecule has 0 aliphatic heterocycles. The zero-order valence-electron chi connectivity index (χ0n) is 23.1. The maximum Gasteiger partial charge on any atom is 0.254 e. The summed E-state index contributed by atoms with van der Waals surface area (Å²) in [6, 6.07) is 15.3. The fourth-order valence-corrected chi connectivity index (χ4v) is 5.08. The molecule has 0 unspecified atom stereocenters. The molecule has 9 heteroatoms. The van der Waals surface area contributed by atoms with Crippen molar-refractivity contribution in [1.82, 2.24) is 9.80 Å². The minimum absolute atomic E-state index is 0.113. The fraction of sp³-hybridized carbons (Fsp3) is 0.400. The summed E-state index contributed by atoms with van der Waals surface area (Å²) in [7, 11) is 3.18. The summed E-state index contributed by atoms with van der Waals surface area (Å²) in [5, 5.41) is 0. The minimum Gasteiger partial charge on any atom is -0.493 e. The van der Waals surface area contributed by atoms with Crippen molar-refractivity contribution in [2.75, 3.05) is 47.1 Å². The molecule has 39 heavy (non-hydrogen) atoms. The van der Waals surface area contributed by atoms with E-state index in [1.165, 1.54) is 23.1 Å². The molecular formula is C30H37FN2O5S. The molecule has 0 radical (unpaired) electrons. The van der Waals surface area contributed by atoms with Crippen LogP contribution in [0.4, 0.5) is 4.39 Å². The van der Waals surface area contributed by atoms with Crippen molar-refractivity contribution < 1.29 is 28.2 Å². The third-order valence-electron chi connectivity index (χ3n) is 6.22. The molecule has 0 aliphatic rings. The lowest BCUT2D eigenvalue weighted by molar-refractivity contribution is -0.132. The van der Waals surface area contributed by atoms with Crippen LogP contribution in [0.2, 0.25) is 0 Å². The van der Waals surface area contributed by atoms with Crippen molar-refractivity contribution in [3.8, 4) is 11.5 Å². The lowest BCUT2D eigenvalue weighted by Gasteiger charge is -2.28. The number of nitrogens with zero attached hydrogens (tertiary/aromatic N) is 2. The van der Waals surface area contributed by atoms with E-state index in [4.69, 9.17) is 14.2 Å². The van der Waals surface area contributed by atoms with Crippen molar-refractivity contribution in [1.29, 1.82) is 0 Å². The number of carbonyl (C=O) groups excluding carboxylic acids is 2. The van der Waals surface area contributed by atoms with Crippen LogP contribution < -0.4 is 9.47 Å². The van der Waals surface area contributed by atoms with Crippen molar-refractivity contribution >= 4 is 23.2 Å². The highest BCUT2D eigenvalue weighted by Crippen LogP contribution is 2.28. The summed E-state index contributed by atoms with van der Waals surface area (Å²) in [6.45, 7) is 6.07. The third kappa shape index (κ3) is 9.07. The summed E-state index contributed by atoms with van der Waals surface area (Å²) in [4.78, 5) is 32.5. The van der Waals surface area contributed by atoms with Gasteiger partial charge in [0.2, 0.25) is 5.91 Å². The fourth-order valence-electron chi connectivity index (χ4n) is 4.17. The monoisotopic (exact) mass is 556 g/mol. The number of halogens is 1. The minimum atomic E-state index is -0.494. The van der Waals surface area contributed by atoms with Crippen LogP contribution in [0.5, 0.6) is 11.5 Å². The van der Waals surface area contributed by atoms with Gasteiger partial charge in [0, 0.05) is 41.6 Å².